The van der Waals surface area contributed by atoms with Gasteiger partial charge in [-0.25, -0.2) is 0 Å². The van der Waals surface area contributed by atoms with Gasteiger partial charge in [-0.2, -0.15) is 0 Å². The van der Waals surface area contributed by atoms with Gasteiger partial charge in [0, 0.05) is 17.8 Å². The molecule has 0 aliphatic heterocycles. The highest BCUT2D eigenvalue weighted by Crippen LogP contribution is 2.30. The summed E-state index contributed by atoms with van der Waals surface area (Å²) in [5.74, 6) is 1.69. The molecule has 1 N–H and O–H groups in total. The number of hydrogen-bond donors (Lipinski definition) is 1. The lowest BCUT2D eigenvalue weighted by Gasteiger charge is -2.24. The molecule has 0 aliphatic rings. The first-order valence-corrected chi connectivity index (χ1v) is 5.62. The molecule has 0 bridgehead atoms. The fourth-order valence-electron chi connectivity index (χ4n) is 2.18. The van der Waals surface area contributed by atoms with Gasteiger partial charge in [0.15, 0.2) is 0 Å². The summed E-state index contributed by atoms with van der Waals surface area (Å²) in [4.78, 5) is 4.43. The first kappa shape index (κ1) is 12.2. The van der Waals surface area contributed by atoms with Crippen LogP contribution in [0.1, 0.15) is 44.9 Å². The number of aromatic nitrogens is 1. The molecule has 1 aromatic heterocycles. The fraction of sp³-hybridized carbons (Fsp3) is 0.615. The highest BCUT2D eigenvalue weighted by molar-refractivity contribution is 5.17. The van der Waals surface area contributed by atoms with Crippen LogP contribution in [0.25, 0.3) is 0 Å². The van der Waals surface area contributed by atoms with Crippen LogP contribution in [0.15, 0.2) is 18.3 Å². The second-order valence-corrected chi connectivity index (χ2v) is 4.76. The third-order valence-electron chi connectivity index (χ3n) is 2.81. The van der Waals surface area contributed by atoms with Crippen LogP contribution in [-0.4, -0.2) is 10.1 Å². The molecule has 1 heterocycles. The summed E-state index contributed by atoms with van der Waals surface area (Å²) in [6.45, 7) is 8.98. The summed E-state index contributed by atoms with van der Waals surface area (Å²) < 4.78 is 0. The van der Waals surface area contributed by atoms with Gasteiger partial charge in [-0.05, 0) is 23.5 Å². The predicted octanol–water partition coefficient (Wildman–Crippen LogP) is 2.97. The summed E-state index contributed by atoms with van der Waals surface area (Å²) >= 11 is 0. The van der Waals surface area contributed by atoms with Gasteiger partial charge in [0.1, 0.15) is 0 Å². The molecule has 0 aliphatic carbocycles. The Hall–Kier alpha value is -0.890. The predicted molar refractivity (Wildman–Crippen MR) is 62.6 cm³/mol. The summed E-state index contributed by atoms with van der Waals surface area (Å²) in [5.41, 5.74) is 2.02. The highest BCUT2D eigenvalue weighted by atomic mass is 16.3. The number of aliphatic hydroxyl groups excluding tert-OH is 1. The van der Waals surface area contributed by atoms with Gasteiger partial charge in [-0.3, -0.25) is 4.98 Å². The molecule has 0 fully saturated rings. The normalized spacial score (nSPS) is 11.7. The van der Waals surface area contributed by atoms with Crippen molar-refractivity contribution >= 4 is 0 Å². The molecule has 0 amide bonds. The number of rotatable bonds is 4. The molecule has 0 aromatic carbocycles. The molecule has 15 heavy (non-hydrogen) atoms. The molecule has 1 aromatic rings. The zero-order chi connectivity index (χ0) is 11.4. The molecule has 0 atom stereocenters. The van der Waals surface area contributed by atoms with Crippen LogP contribution < -0.4 is 0 Å². The third kappa shape index (κ3) is 3.03. The molecular weight excluding hydrogens is 186 g/mol. The van der Waals surface area contributed by atoms with Crippen molar-refractivity contribution in [1.82, 2.24) is 4.98 Å². The van der Waals surface area contributed by atoms with Crippen molar-refractivity contribution < 1.29 is 5.11 Å². The molecule has 2 nitrogen and oxygen atoms in total. The zero-order valence-electron chi connectivity index (χ0n) is 10.1. The smallest absolute Gasteiger partial charge is 0.0696 e. The molecule has 0 saturated heterocycles. The molecule has 1 rings (SSSR count). The average Bonchev–Trinajstić information content (AvgIpc) is 2.18. The maximum Gasteiger partial charge on any atom is 0.0696 e. The van der Waals surface area contributed by atoms with Crippen molar-refractivity contribution in [3.8, 4) is 0 Å². The lowest BCUT2D eigenvalue weighted by atomic mass is 9.83. The maximum atomic E-state index is 8.95. The van der Waals surface area contributed by atoms with Crippen LogP contribution in [0.3, 0.4) is 0 Å². The van der Waals surface area contributed by atoms with Gasteiger partial charge in [0.05, 0.1) is 6.61 Å². The van der Waals surface area contributed by atoms with Crippen LogP contribution >= 0.6 is 0 Å². The van der Waals surface area contributed by atoms with Gasteiger partial charge >= 0.3 is 0 Å². The second kappa shape index (κ2) is 5.26. The SMILES string of the molecule is CC(C)C(c1ccc(CO)cn1)C(C)C. The van der Waals surface area contributed by atoms with Crippen molar-refractivity contribution in [3.63, 3.8) is 0 Å². The first-order valence-electron chi connectivity index (χ1n) is 5.62. The van der Waals surface area contributed by atoms with Gasteiger partial charge < -0.3 is 5.11 Å². The minimum absolute atomic E-state index is 0.0707. The summed E-state index contributed by atoms with van der Waals surface area (Å²) in [7, 11) is 0. The molecule has 84 valence electrons. The van der Waals surface area contributed by atoms with E-state index in [9.17, 15) is 0 Å². The van der Waals surface area contributed by atoms with Gasteiger partial charge in [0.25, 0.3) is 0 Å². The van der Waals surface area contributed by atoms with E-state index in [1.807, 2.05) is 12.1 Å². The molecule has 0 unspecified atom stereocenters. The van der Waals surface area contributed by atoms with Crippen LogP contribution in [0.4, 0.5) is 0 Å². The van der Waals surface area contributed by atoms with E-state index in [0.717, 1.165) is 11.3 Å². The molecular formula is C13H21NO. The third-order valence-corrected chi connectivity index (χ3v) is 2.81. The molecule has 0 radical (unpaired) electrons. The first-order chi connectivity index (χ1) is 7.06. The van der Waals surface area contributed by atoms with Crippen molar-refractivity contribution in [1.29, 1.82) is 0 Å². The number of aliphatic hydroxyl groups is 1. The average molecular weight is 207 g/mol. The summed E-state index contributed by atoms with van der Waals surface area (Å²) in [5, 5.41) is 8.95. The van der Waals surface area contributed by atoms with E-state index < -0.39 is 0 Å². The largest absolute Gasteiger partial charge is 0.392 e. The lowest BCUT2D eigenvalue weighted by Crippen LogP contribution is -2.14. The summed E-state index contributed by atoms with van der Waals surface area (Å²) in [6, 6.07) is 4.00. The Bertz CT molecular complexity index is 282. The van der Waals surface area contributed by atoms with E-state index >= 15 is 0 Å². The lowest BCUT2D eigenvalue weighted by molar-refractivity contribution is 0.281. The van der Waals surface area contributed by atoms with Crippen molar-refractivity contribution in [2.75, 3.05) is 0 Å². The van der Waals surface area contributed by atoms with Crippen LogP contribution in [0.5, 0.6) is 0 Å². The van der Waals surface area contributed by atoms with Gasteiger partial charge in [0.2, 0.25) is 0 Å². The Morgan fingerprint density at radius 2 is 1.73 bits per heavy atom. The Labute approximate surface area is 92.4 Å². The van der Waals surface area contributed by atoms with Crippen molar-refractivity contribution in [3.05, 3.63) is 29.6 Å². The van der Waals surface area contributed by atoms with Crippen LogP contribution in [-0.2, 0) is 6.61 Å². The van der Waals surface area contributed by atoms with Crippen molar-refractivity contribution in [2.45, 2.75) is 40.2 Å². The molecule has 0 saturated carbocycles. The Morgan fingerprint density at radius 1 is 1.13 bits per heavy atom. The number of hydrogen-bond acceptors (Lipinski definition) is 2. The Kier molecular flexibility index (Phi) is 4.28. The van der Waals surface area contributed by atoms with E-state index in [0.29, 0.717) is 17.8 Å². The highest BCUT2D eigenvalue weighted by Gasteiger charge is 2.20. The quantitative estimate of drug-likeness (QED) is 0.823. The summed E-state index contributed by atoms with van der Waals surface area (Å²) in [6.07, 6.45) is 1.77. The number of nitrogens with zero attached hydrogens (tertiary/aromatic N) is 1. The number of pyridine rings is 1. The topological polar surface area (TPSA) is 33.1 Å². The minimum Gasteiger partial charge on any atom is -0.392 e. The standard InChI is InChI=1S/C13H21NO/c1-9(2)13(10(3)4)12-6-5-11(8-15)7-14-12/h5-7,9-10,13,15H,8H2,1-4H3. The second-order valence-electron chi connectivity index (χ2n) is 4.76. The van der Waals surface area contributed by atoms with Crippen molar-refractivity contribution in [2.24, 2.45) is 11.8 Å². The monoisotopic (exact) mass is 207 g/mol. The molecule has 2 heteroatoms. The Balaban J connectivity index is 2.92. The van der Waals surface area contributed by atoms with Crippen LogP contribution in [0.2, 0.25) is 0 Å². The van der Waals surface area contributed by atoms with E-state index in [1.165, 1.54) is 0 Å². The van der Waals surface area contributed by atoms with Gasteiger partial charge in [-0.15, -0.1) is 0 Å². The van der Waals surface area contributed by atoms with E-state index in [-0.39, 0.29) is 6.61 Å². The van der Waals surface area contributed by atoms with Gasteiger partial charge in [-0.1, -0.05) is 33.8 Å². The van der Waals surface area contributed by atoms with E-state index in [1.54, 1.807) is 6.20 Å². The minimum atomic E-state index is 0.0707. The zero-order valence-corrected chi connectivity index (χ0v) is 10.1. The maximum absolute atomic E-state index is 8.95. The molecule has 0 spiro atoms. The Morgan fingerprint density at radius 3 is 2.07 bits per heavy atom. The van der Waals surface area contributed by atoms with E-state index in [4.69, 9.17) is 5.11 Å². The fourth-order valence-corrected chi connectivity index (χ4v) is 2.18. The van der Waals surface area contributed by atoms with E-state index in [2.05, 4.69) is 32.7 Å². The van der Waals surface area contributed by atoms with Crippen LogP contribution in [0, 0.1) is 11.8 Å².